The standard InChI is InChI=1S/C22H24ClN5O2.C9H8O4/c23-15-6-7-20-18(14-15)25-22(30)28(20)16-8-12-26(13-9-16)10-3-11-27-19-5-2-1-4-17(19)24-21(27)29;1-6(10)13-8-5-3-2-4-7(8)9(11)12/h1-2,4-7,14,16H,3,8-13H2,(H,24,29)(H,25,30);2-5H,1H3,(H,11,12). The number of nitrogens with zero attached hydrogens (tertiary/aromatic N) is 3. The summed E-state index contributed by atoms with van der Waals surface area (Å²) in [7, 11) is 0. The molecule has 0 bridgehead atoms. The minimum atomic E-state index is -1.11. The fourth-order valence-corrected chi connectivity index (χ4v) is 5.71. The molecule has 0 amide bonds. The van der Waals surface area contributed by atoms with Gasteiger partial charge in [0, 0.05) is 37.6 Å². The van der Waals surface area contributed by atoms with Gasteiger partial charge in [-0.25, -0.2) is 14.4 Å². The molecule has 0 radical (unpaired) electrons. The number of halogens is 1. The Labute approximate surface area is 251 Å². The van der Waals surface area contributed by atoms with Crippen LogP contribution in [0.25, 0.3) is 22.1 Å². The Hall–Kier alpha value is -4.61. The summed E-state index contributed by atoms with van der Waals surface area (Å²) in [4.78, 5) is 54.1. The van der Waals surface area contributed by atoms with Gasteiger partial charge in [0.1, 0.15) is 11.3 Å². The Kier molecular flexibility index (Phi) is 9.13. The summed E-state index contributed by atoms with van der Waals surface area (Å²) in [5, 5.41) is 9.31. The molecule has 43 heavy (non-hydrogen) atoms. The lowest BCUT2D eigenvalue weighted by Crippen LogP contribution is -2.37. The van der Waals surface area contributed by atoms with Gasteiger partial charge in [-0.3, -0.25) is 13.9 Å². The van der Waals surface area contributed by atoms with Gasteiger partial charge in [-0.05, 0) is 68.3 Å². The summed E-state index contributed by atoms with van der Waals surface area (Å²) in [6, 6.07) is 19.5. The molecule has 0 atom stereocenters. The van der Waals surface area contributed by atoms with Gasteiger partial charge in [-0.15, -0.1) is 0 Å². The number of carbonyl (C=O) groups is 2. The molecule has 12 heteroatoms. The van der Waals surface area contributed by atoms with Crippen molar-refractivity contribution < 1.29 is 19.4 Å². The Balaban J connectivity index is 0.000000239. The molecule has 0 aliphatic carbocycles. The maximum Gasteiger partial charge on any atom is 0.339 e. The number of aromatic nitrogens is 4. The van der Waals surface area contributed by atoms with Crippen LogP contribution in [0, 0.1) is 0 Å². The third-order valence-electron chi connectivity index (χ3n) is 7.51. The van der Waals surface area contributed by atoms with E-state index in [2.05, 4.69) is 19.6 Å². The van der Waals surface area contributed by atoms with Crippen molar-refractivity contribution in [3.63, 3.8) is 0 Å². The third-order valence-corrected chi connectivity index (χ3v) is 7.74. The molecule has 1 aliphatic rings. The number of aromatic amines is 2. The van der Waals surface area contributed by atoms with E-state index in [1.807, 2.05) is 45.5 Å². The molecule has 3 N–H and O–H groups in total. The van der Waals surface area contributed by atoms with Crippen LogP contribution in [-0.4, -0.2) is 60.7 Å². The Morgan fingerprint density at radius 2 is 1.60 bits per heavy atom. The average Bonchev–Trinajstić information content (AvgIpc) is 3.48. The lowest BCUT2D eigenvalue weighted by Gasteiger charge is -2.32. The number of carboxylic acids is 1. The van der Waals surface area contributed by atoms with Gasteiger partial charge in [-0.1, -0.05) is 35.9 Å². The molecule has 2 aromatic heterocycles. The van der Waals surface area contributed by atoms with Crippen molar-refractivity contribution in [3.8, 4) is 5.75 Å². The fourth-order valence-electron chi connectivity index (χ4n) is 5.54. The molecule has 0 saturated carbocycles. The molecule has 5 aromatic rings. The number of imidazole rings is 2. The number of rotatable bonds is 7. The molecular formula is C31H32ClN5O6. The molecule has 1 aliphatic heterocycles. The zero-order valence-corrected chi connectivity index (χ0v) is 24.3. The number of fused-ring (bicyclic) bond motifs is 2. The molecular weight excluding hydrogens is 574 g/mol. The first kappa shape index (κ1) is 29.9. The van der Waals surface area contributed by atoms with Crippen molar-refractivity contribution >= 4 is 45.6 Å². The first-order valence-electron chi connectivity index (χ1n) is 14.0. The Morgan fingerprint density at radius 1 is 0.907 bits per heavy atom. The molecule has 3 heterocycles. The number of hydrogen-bond acceptors (Lipinski definition) is 6. The molecule has 6 rings (SSSR count). The number of carboxylic acid groups (broad SMARTS) is 1. The normalized spacial score (nSPS) is 14.0. The summed E-state index contributed by atoms with van der Waals surface area (Å²) >= 11 is 6.05. The number of esters is 1. The number of likely N-dealkylation sites (tertiary alicyclic amines) is 1. The van der Waals surface area contributed by atoms with E-state index in [1.165, 1.54) is 19.1 Å². The number of nitrogens with one attached hydrogen (secondary N) is 2. The molecule has 11 nitrogen and oxygen atoms in total. The predicted octanol–water partition coefficient (Wildman–Crippen LogP) is 4.66. The van der Waals surface area contributed by atoms with E-state index in [0.717, 1.165) is 61.0 Å². The van der Waals surface area contributed by atoms with Crippen LogP contribution in [-0.2, 0) is 11.3 Å². The zero-order valence-electron chi connectivity index (χ0n) is 23.6. The van der Waals surface area contributed by atoms with Crippen molar-refractivity contribution in [1.29, 1.82) is 0 Å². The number of aryl methyl sites for hydroxylation is 1. The van der Waals surface area contributed by atoms with Gasteiger partial charge >= 0.3 is 23.3 Å². The van der Waals surface area contributed by atoms with Gasteiger partial charge in [0.25, 0.3) is 0 Å². The maximum absolute atomic E-state index is 12.5. The minimum Gasteiger partial charge on any atom is -0.478 e. The number of ether oxygens (including phenoxy) is 1. The van der Waals surface area contributed by atoms with Crippen LogP contribution < -0.4 is 16.1 Å². The van der Waals surface area contributed by atoms with Gasteiger partial charge in [-0.2, -0.15) is 0 Å². The topological polar surface area (TPSA) is 142 Å². The van der Waals surface area contributed by atoms with Crippen LogP contribution in [0.5, 0.6) is 5.75 Å². The zero-order chi connectivity index (χ0) is 30.5. The predicted molar refractivity (Wildman–Crippen MR) is 164 cm³/mol. The molecule has 1 saturated heterocycles. The lowest BCUT2D eigenvalue weighted by molar-refractivity contribution is -0.131. The highest BCUT2D eigenvalue weighted by molar-refractivity contribution is 6.31. The smallest absolute Gasteiger partial charge is 0.339 e. The molecule has 224 valence electrons. The Morgan fingerprint density at radius 3 is 2.35 bits per heavy atom. The van der Waals surface area contributed by atoms with Crippen LogP contribution in [0.2, 0.25) is 5.02 Å². The van der Waals surface area contributed by atoms with Crippen molar-refractivity contribution in [2.45, 2.75) is 38.8 Å². The summed E-state index contributed by atoms with van der Waals surface area (Å²) < 4.78 is 8.39. The largest absolute Gasteiger partial charge is 0.478 e. The van der Waals surface area contributed by atoms with Crippen LogP contribution in [0.1, 0.15) is 42.6 Å². The third kappa shape index (κ3) is 6.90. The second-order valence-corrected chi connectivity index (χ2v) is 10.8. The van der Waals surface area contributed by atoms with E-state index in [-0.39, 0.29) is 28.7 Å². The average molecular weight is 606 g/mol. The highest BCUT2D eigenvalue weighted by Crippen LogP contribution is 2.26. The first-order valence-corrected chi connectivity index (χ1v) is 14.4. The number of hydrogen-bond donors (Lipinski definition) is 3. The summed E-state index contributed by atoms with van der Waals surface area (Å²) in [6.45, 7) is 4.75. The van der Waals surface area contributed by atoms with E-state index >= 15 is 0 Å². The van der Waals surface area contributed by atoms with Gasteiger partial charge in [0.2, 0.25) is 0 Å². The monoisotopic (exact) mass is 605 g/mol. The van der Waals surface area contributed by atoms with E-state index in [0.29, 0.717) is 11.6 Å². The van der Waals surface area contributed by atoms with Crippen LogP contribution in [0.3, 0.4) is 0 Å². The number of benzene rings is 3. The van der Waals surface area contributed by atoms with Gasteiger partial charge in [0.05, 0.1) is 22.1 Å². The molecule has 0 spiro atoms. The van der Waals surface area contributed by atoms with Crippen LogP contribution >= 0.6 is 11.6 Å². The summed E-state index contributed by atoms with van der Waals surface area (Å²) in [5.41, 5.74) is 3.42. The minimum absolute atomic E-state index is 0.0160. The number of aromatic carboxylic acids is 1. The molecule has 0 unspecified atom stereocenters. The quantitative estimate of drug-likeness (QED) is 0.181. The van der Waals surface area contributed by atoms with E-state index in [9.17, 15) is 19.2 Å². The van der Waals surface area contributed by atoms with Crippen molar-refractivity contribution in [1.82, 2.24) is 24.0 Å². The Bertz CT molecular complexity index is 1880. The van der Waals surface area contributed by atoms with Crippen LogP contribution in [0.4, 0.5) is 0 Å². The van der Waals surface area contributed by atoms with Crippen molar-refractivity contribution in [3.05, 3.63) is 98.3 Å². The SMILES string of the molecule is CC(=O)Oc1ccccc1C(=O)O.O=c1[nH]c2ccccc2n1CCCN1CCC(n2c(=O)[nH]c3cc(Cl)ccc32)CC1. The maximum atomic E-state index is 12.5. The first-order chi connectivity index (χ1) is 20.7. The van der Waals surface area contributed by atoms with Gasteiger partial charge in [0.15, 0.2) is 0 Å². The fraction of sp³-hybridized carbons (Fsp3) is 0.290. The highest BCUT2D eigenvalue weighted by Gasteiger charge is 2.23. The van der Waals surface area contributed by atoms with Gasteiger partial charge < -0.3 is 24.7 Å². The second kappa shape index (κ2) is 13.1. The molecule has 3 aromatic carbocycles. The van der Waals surface area contributed by atoms with E-state index in [1.54, 1.807) is 18.2 Å². The number of piperidine rings is 1. The lowest BCUT2D eigenvalue weighted by atomic mass is 10.0. The second-order valence-electron chi connectivity index (χ2n) is 10.4. The summed E-state index contributed by atoms with van der Waals surface area (Å²) in [5.74, 6) is -1.58. The number of carbonyl (C=O) groups excluding carboxylic acids is 1. The van der Waals surface area contributed by atoms with Crippen LogP contribution in [0.15, 0.2) is 76.3 Å². The van der Waals surface area contributed by atoms with Crippen molar-refractivity contribution in [2.24, 2.45) is 0 Å². The number of H-pyrrole nitrogens is 2. The van der Waals surface area contributed by atoms with E-state index < -0.39 is 11.9 Å². The van der Waals surface area contributed by atoms with Crippen molar-refractivity contribution in [2.75, 3.05) is 19.6 Å². The van der Waals surface area contributed by atoms with E-state index in [4.69, 9.17) is 16.7 Å². The molecule has 1 fully saturated rings. The summed E-state index contributed by atoms with van der Waals surface area (Å²) in [6.07, 6.45) is 2.78. The highest BCUT2D eigenvalue weighted by atomic mass is 35.5. The number of para-hydroxylation sites is 3.